The van der Waals surface area contributed by atoms with Gasteiger partial charge in [-0.3, -0.25) is 0 Å². The van der Waals surface area contributed by atoms with E-state index in [0.29, 0.717) is 13.1 Å². The molecule has 1 rings (SSSR count). The van der Waals surface area contributed by atoms with Crippen LogP contribution in [0.2, 0.25) is 0 Å². The third-order valence-electron chi connectivity index (χ3n) is 3.41. The zero-order chi connectivity index (χ0) is 19.6. The highest BCUT2D eigenvalue weighted by atomic mass is 19.4. The third kappa shape index (κ3) is 8.09. The molecular weight excluding hydrogens is 349 g/mol. The number of carbonyl (C=O) groups is 2. The van der Waals surface area contributed by atoms with Crippen molar-refractivity contribution in [3.05, 3.63) is 23.8 Å². The highest BCUT2D eigenvalue weighted by molar-refractivity contribution is 5.93. The SMILES string of the molecule is CCCCNC(=O)Nc1cc(NC(=O)NCCCC)cc(C(F)(F)F)c1. The van der Waals surface area contributed by atoms with E-state index in [1.165, 1.54) is 6.07 Å². The van der Waals surface area contributed by atoms with Gasteiger partial charge in [0.25, 0.3) is 0 Å². The summed E-state index contributed by atoms with van der Waals surface area (Å²) >= 11 is 0. The highest BCUT2D eigenvalue weighted by Crippen LogP contribution is 2.33. The Hall–Kier alpha value is -2.45. The van der Waals surface area contributed by atoms with E-state index in [1.807, 2.05) is 13.8 Å². The lowest BCUT2D eigenvalue weighted by Crippen LogP contribution is -2.30. The minimum absolute atomic E-state index is 0.0577. The van der Waals surface area contributed by atoms with Crippen LogP contribution in [0.15, 0.2) is 18.2 Å². The van der Waals surface area contributed by atoms with Crippen LogP contribution in [0.1, 0.15) is 45.1 Å². The van der Waals surface area contributed by atoms with E-state index < -0.39 is 23.8 Å². The summed E-state index contributed by atoms with van der Waals surface area (Å²) in [7, 11) is 0. The Bertz CT molecular complexity index is 564. The number of amides is 4. The Labute approximate surface area is 150 Å². The molecule has 0 aromatic heterocycles. The second kappa shape index (κ2) is 10.5. The van der Waals surface area contributed by atoms with E-state index in [4.69, 9.17) is 0 Å². The maximum Gasteiger partial charge on any atom is 0.416 e. The molecule has 0 aliphatic heterocycles. The van der Waals surface area contributed by atoms with E-state index in [9.17, 15) is 22.8 Å². The number of benzene rings is 1. The Kier molecular flexibility index (Phi) is 8.74. The van der Waals surface area contributed by atoms with Crippen molar-refractivity contribution in [3.63, 3.8) is 0 Å². The fraction of sp³-hybridized carbons (Fsp3) is 0.529. The molecule has 4 amide bonds. The zero-order valence-corrected chi connectivity index (χ0v) is 14.9. The molecule has 0 heterocycles. The first-order valence-corrected chi connectivity index (χ1v) is 8.58. The number of halogens is 3. The van der Waals surface area contributed by atoms with Gasteiger partial charge < -0.3 is 21.3 Å². The second-order valence-electron chi connectivity index (χ2n) is 5.77. The van der Waals surface area contributed by atoms with Crippen molar-refractivity contribution in [1.29, 1.82) is 0 Å². The predicted molar refractivity (Wildman–Crippen MR) is 95.3 cm³/mol. The van der Waals surface area contributed by atoms with Gasteiger partial charge in [-0.1, -0.05) is 26.7 Å². The average molecular weight is 374 g/mol. The molecule has 0 aliphatic carbocycles. The largest absolute Gasteiger partial charge is 0.416 e. The van der Waals surface area contributed by atoms with Gasteiger partial charge >= 0.3 is 18.2 Å². The smallest absolute Gasteiger partial charge is 0.338 e. The van der Waals surface area contributed by atoms with Crippen LogP contribution < -0.4 is 21.3 Å². The monoisotopic (exact) mass is 374 g/mol. The van der Waals surface area contributed by atoms with Gasteiger partial charge in [0.05, 0.1) is 5.56 Å². The fourth-order valence-corrected chi connectivity index (χ4v) is 2.04. The number of carbonyl (C=O) groups excluding carboxylic acids is 2. The van der Waals surface area contributed by atoms with E-state index >= 15 is 0 Å². The topological polar surface area (TPSA) is 82.3 Å². The van der Waals surface area contributed by atoms with Crippen molar-refractivity contribution < 1.29 is 22.8 Å². The molecule has 9 heteroatoms. The first-order valence-electron chi connectivity index (χ1n) is 8.58. The molecule has 0 radical (unpaired) electrons. The van der Waals surface area contributed by atoms with Gasteiger partial charge in [0.15, 0.2) is 0 Å². The van der Waals surface area contributed by atoms with Gasteiger partial charge in [-0.25, -0.2) is 9.59 Å². The van der Waals surface area contributed by atoms with Crippen LogP contribution in [0, 0.1) is 0 Å². The van der Waals surface area contributed by atoms with Crippen LogP contribution in [-0.4, -0.2) is 25.2 Å². The molecule has 4 N–H and O–H groups in total. The summed E-state index contributed by atoms with van der Waals surface area (Å²) in [6, 6.07) is 1.71. The molecule has 26 heavy (non-hydrogen) atoms. The average Bonchev–Trinajstić information content (AvgIpc) is 2.54. The summed E-state index contributed by atoms with van der Waals surface area (Å²) in [6.07, 6.45) is -1.32. The summed E-state index contributed by atoms with van der Waals surface area (Å²) in [5.41, 5.74) is -1.08. The van der Waals surface area contributed by atoms with Crippen molar-refractivity contribution in [2.45, 2.75) is 45.7 Å². The lowest BCUT2D eigenvalue weighted by molar-refractivity contribution is -0.137. The molecule has 0 spiro atoms. The molecule has 0 fully saturated rings. The predicted octanol–water partition coefficient (Wildman–Crippen LogP) is 4.55. The van der Waals surface area contributed by atoms with Gasteiger partial charge in [-0.05, 0) is 31.0 Å². The molecular formula is C17H25F3N4O2. The fourth-order valence-electron chi connectivity index (χ4n) is 2.04. The lowest BCUT2D eigenvalue weighted by atomic mass is 10.1. The Morgan fingerprint density at radius 1 is 0.846 bits per heavy atom. The van der Waals surface area contributed by atoms with Crippen LogP contribution in [0.5, 0.6) is 0 Å². The molecule has 6 nitrogen and oxygen atoms in total. The molecule has 0 saturated heterocycles. The standard InChI is InChI=1S/C17H25F3N4O2/c1-3-5-7-21-15(25)23-13-9-12(17(18,19)20)10-14(11-13)24-16(26)22-8-6-4-2/h9-11H,3-8H2,1-2H3,(H2,21,23,25)(H2,22,24,26). The summed E-state index contributed by atoms with van der Waals surface area (Å²) in [5, 5.41) is 9.82. The molecule has 0 unspecified atom stereocenters. The Morgan fingerprint density at radius 2 is 1.27 bits per heavy atom. The lowest BCUT2D eigenvalue weighted by Gasteiger charge is -2.14. The van der Waals surface area contributed by atoms with Crippen molar-refractivity contribution in [2.75, 3.05) is 23.7 Å². The van der Waals surface area contributed by atoms with Crippen molar-refractivity contribution in [2.24, 2.45) is 0 Å². The molecule has 1 aromatic rings. The van der Waals surface area contributed by atoms with Gasteiger partial charge in [0.2, 0.25) is 0 Å². The van der Waals surface area contributed by atoms with Crippen molar-refractivity contribution >= 4 is 23.4 Å². The summed E-state index contributed by atoms with van der Waals surface area (Å²) in [6.45, 7) is 4.75. The number of nitrogens with one attached hydrogen (secondary N) is 4. The maximum atomic E-state index is 13.1. The van der Waals surface area contributed by atoms with E-state index in [1.54, 1.807) is 0 Å². The normalized spacial score (nSPS) is 11.0. The summed E-state index contributed by atoms with van der Waals surface area (Å²) in [5.74, 6) is 0. The number of unbranched alkanes of at least 4 members (excludes halogenated alkanes) is 2. The van der Waals surface area contributed by atoms with Crippen LogP contribution in [0.4, 0.5) is 34.1 Å². The molecule has 0 bridgehead atoms. The van der Waals surface area contributed by atoms with Gasteiger partial charge in [0, 0.05) is 24.5 Å². The first-order chi connectivity index (χ1) is 12.3. The third-order valence-corrected chi connectivity index (χ3v) is 3.41. The minimum Gasteiger partial charge on any atom is -0.338 e. The van der Waals surface area contributed by atoms with Gasteiger partial charge in [0.1, 0.15) is 0 Å². The van der Waals surface area contributed by atoms with Crippen LogP contribution in [-0.2, 0) is 6.18 Å². The number of hydrogen-bond donors (Lipinski definition) is 4. The van der Waals surface area contributed by atoms with Crippen molar-refractivity contribution in [3.8, 4) is 0 Å². The number of urea groups is 2. The Balaban J connectivity index is 2.86. The Morgan fingerprint density at radius 3 is 1.62 bits per heavy atom. The molecule has 0 saturated carbocycles. The molecule has 1 aromatic carbocycles. The molecule has 146 valence electrons. The molecule has 0 atom stereocenters. The number of alkyl halides is 3. The first kappa shape index (κ1) is 21.6. The van der Waals surface area contributed by atoms with E-state index in [0.717, 1.165) is 37.8 Å². The quantitative estimate of drug-likeness (QED) is 0.504. The van der Waals surface area contributed by atoms with Crippen LogP contribution in [0.3, 0.4) is 0 Å². The molecule has 0 aliphatic rings. The zero-order valence-electron chi connectivity index (χ0n) is 14.9. The summed E-state index contributed by atoms with van der Waals surface area (Å²) in [4.78, 5) is 23.5. The number of hydrogen-bond acceptors (Lipinski definition) is 2. The highest BCUT2D eigenvalue weighted by Gasteiger charge is 2.31. The van der Waals surface area contributed by atoms with Gasteiger partial charge in [-0.2, -0.15) is 13.2 Å². The van der Waals surface area contributed by atoms with E-state index in [2.05, 4.69) is 21.3 Å². The number of rotatable bonds is 8. The minimum atomic E-state index is -4.61. The summed E-state index contributed by atoms with van der Waals surface area (Å²) < 4.78 is 39.2. The van der Waals surface area contributed by atoms with Crippen LogP contribution in [0.25, 0.3) is 0 Å². The number of anilines is 2. The van der Waals surface area contributed by atoms with Crippen molar-refractivity contribution in [1.82, 2.24) is 10.6 Å². The maximum absolute atomic E-state index is 13.1. The van der Waals surface area contributed by atoms with Gasteiger partial charge in [-0.15, -0.1) is 0 Å². The van der Waals surface area contributed by atoms with Crippen LogP contribution >= 0.6 is 0 Å². The van der Waals surface area contributed by atoms with E-state index in [-0.39, 0.29) is 11.4 Å². The second-order valence-corrected chi connectivity index (χ2v) is 5.77.